The first-order valence-electron chi connectivity index (χ1n) is 3.53. The van der Waals surface area contributed by atoms with Gasteiger partial charge in [-0.3, -0.25) is 4.40 Å². The van der Waals surface area contributed by atoms with Gasteiger partial charge in [0.25, 0.3) is 0 Å². The molecule has 0 aromatic carbocycles. The summed E-state index contributed by atoms with van der Waals surface area (Å²) in [6.07, 6.45) is 3.44. The SMILES string of the molecule is OCc1c(Br)ccc2cncn12. The predicted molar refractivity (Wildman–Crippen MR) is 48.8 cm³/mol. The zero-order valence-electron chi connectivity index (χ0n) is 6.24. The van der Waals surface area contributed by atoms with E-state index in [1.165, 1.54) is 0 Å². The fourth-order valence-electron chi connectivity index (χ4n) is 1.18. The average molecular weight is 227 g/mol. The average Bonchev–Trinajstić information content (AvgIpc) is 2.52. The van der Waals surface area contributed by atoms with Crippen molar-refractivity contribution in [3.63, 3.8) is 0 Å². The van der Waals surface area contributed by atoms with Crippen LogP contribution in [0.5, 0.6) is 0 Å². The van der Waals surface area contributed by atoms with Crippen molar-refractivity contribution in [2.45, 2.75) is 6.61 Å². The van der Waals surface area contributed by atoms with Crippen LogP contribution in [0.1, 0.15) is 5.69 Å². The molecule has 1 N–H and O–H groups in total. The van der Waals surface area contributed by atoms with E-state index in [1.807, 2.05) is 16.5 Å². The molecule has 3 nitrogen and oxygen atoms in total. The summed E-state index contributed by atoms with van der Waals surface area (Å²) in [5.74, 6) is 0. The maximum atomic E-state index is 9.06. The Kier molecular flexibility index (Phi) is 1.86. The normalized spacial score (nSPS) is 10.8. The number of aliphatic hydroxyl groups is 1. The molecule has 0 aliphatic carbocycles. The fraction of sp³-hybridized carbons (Fsp3) is 0.125. The van der Waals surface area contributed by atoms with E-state index in [9.17, 15) is 0 Å². The van der Waals surface area contributed by atoms with Crippen LogP contribution in [0.25, 0.3) is 5.52 Å². The van der Waals surface area contributed by atoms with E-state index in [1.54, 1.807) is 12.5 Å². The lowest BCUT2D eigenvalue weighted by Crippen LogP contribution is -1.95. The van der Waals surface area contributed by atoms with Crippen LogP contribution in [0.2, 0.25) is 0 Å². The highest BCUT2D eigenvalue weighted by atomic mass is 79.9. The summed E-state index contributed by atoms with van der Waals surface area (Å²) >= 11 is 3.35. The first-order valence-corrected chi connectivity index (χ1v) is 4.32. The Morgan fingerprint density at radius 2 is 2.33 bits per heavy atom. The molecule has 12 heavy (non-hydrogen) atoms. The van der Waals surface area contributed by atoms with Gasteiger partial charge < -0.3 is 5.11 Å². The first kappa shape index (κ1) is 7.76. The van der Waals surface area contributed by atoms with E-state index in [0.29, 0.717) is 0 Å². The van der Waals surface area contributed by atoms with Gasteiger partial charge in [0.2, 0.25) is 0 Å². The van der Waals surface area contributed by atoms with Gasteiger partial charge in [0.1, 0.15) is 0 Å². The summed E-state index contributed by atoms with van der Waals surface area (Å²) in [6, 6.07) is 3.85. The molecule has 2 aromatic heterocycles. The Labute approximate surface area is 77.8 Å². The number of pyridine rings is 1. The molecule has 0 spiro atoms. The van der Waals surface area contributed by atoms with Crippen molar-refractivity contribution in [1.29, 1.82) is 0 Å². The van der Waals surface area contributed by atoms with E-state index in [2.05, 4.69) is 20.9 Å². The fourth-order valence-corrected chi connectivity index (χ4v) is 1.62. The van der Waals surface area contributed by atoms with Gasteiger partial charge in [0.05, 0.1) is 30.3 Å². The standard InChI is InChI=1S/C8H7BrN2O/c9-7-2-1-6-3-10-5-11(6)8(7)4-12/h1-3,5,12H,4H2. The molecule has 0 amide bonds. The van der Waals surface area contributed by atoms with Crippen LogP contribution in [0, 0.1) is 0 Å². The molecular formula is C8H7BrN2O. The molecule has 62 valence electrons. The third-order valence-corrected chi connectivity index (χ3v) is 2.51. The molecule has 2 rings (SSSR count). The summed E-state index contributed by atoms with van der Waals surface area (Å²) in [5.41, 5.74) is 1.81. The van der Waals surface area contributed by atoms with E-state index in [4.69, 9.17) is 5.11 Å². The summed E-state index contributed by atoms with van der Waals surface area (Å²) in [7, 11) is 0. The Balaban J connectivity index is 2.83. The second-order valence-electron chi connectivity index (χ2n) is 2.47. The zero-order valence-corrected chi connectivity index (χ0v) is 7.82. The molecule has 4 heteroatoms. The number of nitrogens with zero attached hydrogens (tertiary/aromatic N) is 2. The molecule has 0 unspecified atom stereocenters. The predicted octanol–water partition coefficient (Wildman–Crippen LogP) is 1.59. The third kappa shape index (κ3) is 1.04. The highest BCUT2D eigenvalue weighted by molar-refractivity contribution is 9.10. The quantitative estimate of drug-likeness (QED) is 0.803. The maximum Gasteiger partial charge on any atom is 0.0995 e. The Morgan fingerprint density at radius 3 is 3.08 bits per heavy atom. The van der Waals surface area contributed by atoms with E-state index in [0.717, 1.165) is 15.7 Å². The second-order valence-corrected chi connectivity index (χ2v) is 3.33. The molecule has 2 heterocycles. The Bertz CT molecular complexity index is 410. The van der Waals surface area contributed by atoms with E-state index >= 15 is 0 Å². The van der Waals surface area contributed by atoms with E-state index < -0.39 is 0 Å². The van der Waals surface area contributed by atoms with E-state index in [-0.39, 0.29) is 6.61 Å². The van der Waals surface area contributed by atoms with Crippen molar-refractivity contribution in [3.8, 4) is 0 Å². The smallest absolute Gasteiger partial charge is 0.0995 e. The molecule has 0 aliphatic rings. The van der Waals surface area contributed by atoms with Crippen molar-refractivity contribution >= 4 is 21.4 Å². The lowest BCUT2D eigenvalue weighted by atomic mass is 10.3. The number of hydrogen-bond donors (Lipinski definition) is 1. The molecule has 0 radical (unpaired) electrons. The van der Waals surface area contributed by atoms with Gasteiger partial charge in [-0.15, -0.1) is 0 Å². The van der Waals surface area contributed by atoms with Crippen molar-refractivity contribution in [1.82, 2.24) is 9.38 Å². The van der Waals surface area contributed by atoms with Crippen molar-refractivity contribution in [2.75, 3.05) is 0 Å². The Morgan fingerprint density at radius 1 is 1.50 bits per heavy atom. The number of rotatable bonds is 1. The molecule has 0 bridgehead atoms. The first-order chi connectivity index (χ1) is 5.83. The molecule has 0 fully saturated rings. The number of fused-ring (bicyclic) bond motifs is 1. The van der Waals surface area contributed by atoms with Gasteiger partial charge in [-0.2, -0.15) is 0 Å². The lowest BCUT2D eigenvalue weighted by molar-refractivity contribution is 0.274. The van der Waals surface area contributed by atoms with Crippen LogP contribution in [-0.2, 0) is 6.61 Å². The Hall–Kier alpha value is -0.870. The van der Waals surface area contributed by atoms with Crippen molar-refractivity contribution < 1.29 is 5.11 Å². The van der Waals surface area contributed by atoms with Crippen LogP contribution in [0.15, 0.2) is 29.1 Å². The largest absolute Gasteiger partial charge is 0.390 e. The lowest BCUT2D eigenvalue weighted by Gasteiger charge is -2.03. The molecule has 2 aromatic rings. The number of hydrogen-bond acceptors (Lipinski definition) is 2. The van der Waals surface area contributed by atoms with Crippen molar-refractivity contribution in [3.05, 3.63) is 34.8 Å². The summed E-state index contributed by atoms with van der Waals surface area (Å²) in [4.78, 5) is 3.98. The van der Waals surface area contributed by atoms with Gasteiger partial charge in [-0.1, -0.05) is 0 Å². The molecule has 0 saturated heterocycles. The number of halogens is 1. The minimum absolute atomic E-state index is 0.00822. The molecular weight excluding hydrogens is 220 g/mol. The maximum absolute atomic E-state index is 9.06. The van der Waals surface area contributed by atoms with Gasteiger partial charge in [0, 0.05) is 4.47 Å². The zero-order chi connectivity index (χ0) is 8.55. The topological polar surface area (TPSA) is 37.5 Å². The highest BCUT2D eigenvalue weighted by Gasteiger charge is 2.03. The third-order valence-electron chi connectivity index (χ3n) is 1.78. The summed E-state index contributed by atoms with van der Waals surface area (Å²) in [5, 5.41) is 9.06. The van der Waals surface area contributed by atoms with Gasteiger partial charge in [-0.05, 0) is 28.1 Å². The molecule has 0 saturated carbocycles. The van der Waals surface area contributed by atoms with Crippen LogP contribution in [0.3, 0.4) is 0 Å². The number of imidazole rings is 1. The second kappa shape index (κ2) is 2.88. The van der Waals surface area contributed by atoms with Gasteiger partial charge in [0.15, 0.2) is 0 Å². The monoisotopic (exact) mass is 226 g/mol. The van der Waals surface area contributed by atoms with Gasteiger partial charge >= 0.3 is 0 Å². The highest BCUT2D eigenvalue weighted by Crippen LogP contribution is 2.18. The number of aliphatic hydroxyl groups excluding tert-OH is 1. The van der Waals surface area contributed by atoms with Crippen LogP contribution in [0.4, 0.5) is 0 Å². The minimum atomic E-state index is 0.00822. The number of aromatic nitrogens is 2. The minimum Gasteiger partial charge on any atom is -0.390 e. The van der Waals surface area contributed by atoms with Crippen LogP contribution in [-0.4, -0.2) is 14.5 Å². The van der Waals surface area contributed by atoms with Crippen molar-refractivity contribution in [2.24, 2.45) is 0 Å². The molecule has 0 aliphatic heterocycles. The summed E-state index contributed by atoms with van der Waals surface area (Å²) in [6.45, 7) is 0.00822. The van der Waals surface area contributed by atoms with Crippen LogP contribution >= 0.6 is 15.9 Å². The van der Waals surface area contributed by atoms with Crippen LogP contribution < -0.4 is 0 Å². The molecule has 0 atom stereocenters. The van der Waals surface area contributed by atoms with Gasteiger partial charge in [-0.25, -0.2) is 4.98 Å². The summed E-state index contributed by atoms with van der Waals surface area (Å²) < 4.78 is 2.75.